The Balaban J connectivity index is 2.72. The molecule has 2 heteroatoms. The van der Waals surface area contributed by atoms with Crippen molar-refractivity contribution in [1.29, 1.82) is 0 Å². The average Bonchev–Trinajstić information content (AvgIpc) is 2.73. The predicted molar refractivity (Wildman–Crippen MR) is 84.5 cm³/mol. The van der Waals surface area contributed by atoms with E-state index >= 15 is 0 Å². The van der Waals surface area contributed by atoms with Gasteiger partial charge in [-0.1, -0.05) is 51.0 Å². The van der Waals surface area contributed by atoms with Gasteiger partial charge in [0.15, 0.2) is 0 Å². The van der Waals surface area contributed by atoms with Crippen LogP contribution in [0.2, 0.25) is 18.1 Å². The summed E-state index contributed by atoms with van der Waals surface area (Å²) in [6, 6.07) is 13.2. The summed E-state index contributed by atoms with van der Waals surface area (Å²) in [6.07, 6.45) is 0. The fourth-order valence-corrected chi connectivity index (χ4v) is 7.18. The molecule has 0 aliphatic rings. The molecule has 0 atom stereocenters. The second kappa shape index (κ2) is 4.92. The number of nitrogens with zero attached hydrogens (tertiary/aromatic N) is 1. The SMILES string of the molecule is CC[Si](CC)(CC)c1cc2c(C)cccc2n1C. The Bertz CT molecular complexity index is 541. The quantitative estimate of drug-likeness (QED) is 0.725. The molecule has 18 heavy (non-hydrogen) atoms. The van der Waals surface area contributed by atoms with Crippen LogP contribution >= 0.6 is 0 Å². The van der Waals surface area contributed by atoms with E-state index < -0.39 is 8.07 Å². The van der Waals surface area contributed by atoms with E-state index in [0.717, 1.165) is 0 Å². The Kier molecular flexibility index (Phi) is 3.67. The zero-order valence-electron chi connectivity index (χ0n) is 12.4. The van der Waals surface area contributed by atoms with Crippen molar-refractivity contribution in [1.82, 2.24) is 4.57 Å². The van der Waals surface area contributed by atoms with Gasteiger partial charge in [-0.05, 0) is 24.6 Å². The van der Waals surface area contributed by atoms with E-state index in [-0.39, 0.29) is 0 Å². The third-order valence-corrected chi connectivity index (χ3v) is 10.5. The number of benzene rings is 1. The van der Waals surface area contributed by atoms with Crippen LogP contribution in [0.3, 0.4) is 0 Å². The molecule has 2 rings (SSSR count). The van der Waals surface area contributed by atoms with Crippen molar-refractivity contribution in [2.45, 2.75) is 45.8 Å². The summed E-state index contributed by atoms with van der Waals surface area (Å²) in [4.78, 5) is 0. The number of hydrogen-bond donors (Lipinski definition) is 0. The molecule has 1 aromatic heterocycles. The van der Waals surface area contributed by atoms with Gasteiger partial charge in [-0.15, -0.1) is 0 Å². The van der Waals surface area contributed by atoms with Gasteiger partial charge in [-0.2, -0.15) is 0 Å². The number of aryl methyl sites for hydroxylation is 2. The van der Waals surface area contributed by atoms with Crippen LogP contribution in [0.15, 0.2) is 24.3 Å². The predicted octanol–water partition coefficient (Wildman–Crippen LogP) is 4.20. The summed E-state index contributed by atoms with van der Waals surface area (Å²) in [5.74, 6) is 0. The van der Waals surface area contributed by atoms with Crippen molar-refractivity contribution in [2.24, 2.45) is 7.05 Å². The van der Waals surface area contributed by atoms with Crippen molar-refractivity contribution < 1.29 is 0 Å². The minimum atomic E-state index is -1.28. The molecule has 0 saturated heterocycles. The topological polar surface area (TPSA) is 4.93 Å². The van der Waals surface area contributed by atoms with E-state index in [1.807, 2.05) is 0 Å². The van der Waals surface area contributed by atoms with Gasteiger partial charge >= 0.3 is 0 Å². The van der Waals surface area contributed by atoms with Crippen LogP contribution in [0.25, 0.3) is 10.9 Å². The highest BCUT2D eigenvalue weighted by atomic mass is 28.3. The maximum absolute atomic E-state index is 2.48. The van der Waals surface area contributed by atoms with E-state index in [1.165, 1.54) is 34.6 Å². The molecule has 0 amide bonds. The van der Waals surface area contributed by atoms with Crippen molar-refractivity contribution in [3.63, 3.8) is 0 Å². The van der Waals surface area contributed by atoms with E-state index in [4.69, 9.17) is 0 Å². The molecule has 0 radical (unpaired) electrons. The molecule has 0 aliphatic heterocycles. The molecule has 0 saturated carbocycles. The molecule has 0 bridgehead atoms. The number of aromatic nitrogens is 1. The van der Waals surface area contributed by atoms with Gasteiger partial charge in [0, 0.05) is 23.3 Å². The molecule has 2 aromatic rings. The van der Waals surface area contributed by atoms with Gasteiger partial charge in [0.05, 0.1) is 0 Å². The smallest absolute Gasteiger partial charge is 0.107 e. The van der Waals surface area contributed by atoms with Gasteiger partial charge in [0.25, 0.3) is 0 Å². The minimum absolute atomic E-state index is 1.28. The van der Waals surface area contributed by atoms with Crippen LogP contribution < -0.4 is 5.32 Å². The largest absolute Gasteiger partial charge is 0.352 e. The standard InChI is InChI=1S/C16H25NSi/c1-6-18(7-2,8-3)16-12-14-13(4)10-9-11-15(14)17(16)5/h9-12H,6-8H2,1-5H3. The Morgan fingerprint density at radius 1 is 1.06 bits per heavy atom. The van der Waals surface area contributed by atoms with Crippen LogP contribution in [0.1, 0.15) is 26.3 Å². The molecule has 1 heterocycles. The van der Waals surface area contributed by atoms with Gasteiger partial charge in [0.1, 0.15) is 8.07 Å². The van der Waals surface area contributed by atoms with E-state index in [2.05, 4.69) is 63.6 Å². The first-order valence-corrected chi connectivity index (χ1v) is 9.77. The van der Waals surface area contributed by atoms with Crippen LogP contribution in [-0.2, 0) is 7.05 Å². The van der Waals surface area contributed by atoms with Crippen LogP contribution in [0.4, 0.5) is 0 Å². The fraction of sp³-hybridized carbons (Fsp3) is 0.500. The summed E-state index contributed by atoms with van der Waals surface area (Å²) in [5, 5.41) is 3.08. The highest BCUT2D eigenvalue weighted by molar-refractivity contribution is 6.91. The molecular formula is C16H25NSi. The van der Waals surface area contributed by atoms with Gasteiger partial charge in [0.2, 0.25) is 0 Å². The summed E-state index contributed by atoms with van der Waals surface area (Å²) in [6.45, 7) is 9.36. The first-order chi connectivity index (χ1) is 8.59. The molecule has 0 aliphatic carbocycles. The Hall–Kier alpha value is -1.02. The maximum Gasteiger partial charge on any atom is 0.107 e. The molecule has 1 nitrogen and oxygen atoms in total. The summed E-state index contributed by atoms with van der Waals surface area (Å²) >= 11 is 0. The minimum Gasteiger partial charge on any atom is -0.352 e. The zero-order chi connectivity index (χ0) is 13.3. The number of hydrogen-bond acceptors (Lipinski definition) is 0. The molecule has 0 spiro atoms. The maximum atomic E-state index is 2.48. The van der Waals surface area contributed by atoms with E-state index in [1.54, 1.807) is 5.32 Å². The zero-order valence-corrected chi connectivity index (χ0v) is 13.4. The normalized spacial score (nSPS) is 12.3. The van der Waals surface area contributed by atoms with Crippen molar-refractivity contribution in [2.75, 3.05) is 0 Å². The lowest BCUT2D eigenvalue weighted by Gasteiger charge is -2.28. The summed E-state index contributed by atoms with van der Waals surface area (Å²) in [7, 11) is 0.969. The Labute approximate surface area is 112 Å². The highest BCUT2D eigenvalue weighted by Crippen LogP contribution is 2.25. The Morgan fingerprint density at radius 3 is 2.17 bits per heavy atom. The third-order valence-electron chi connectivity index (χ3n) is 4.88. The second-order valence-electron chi connectivity index (χ2n) is 5.44. The first-order valence-electron chi connectivity index (χ1n) is 7.15. The molecule has 1 aromatic carbocycles. The number of fused-ring (bicyclic) bond motifs is 1. The van der Waals surface area contributed by atoms with Crippen molar-refractivity contribution >= 4 is 24.3 Å². The molecule has 0 fully saturated rings. The van der Waals surface area contributed by atoms with Crippen molar-refractivity contribution in [3.05, 3.63) is 29.8 Å². The first kappa shape index (κ1) is 13.4. The summed E-state index contributed by atoms with van der Waals surface area (Å²) in [5.41, 5.74) is 2.80. The second-order valence-corrected chi connectivity index (χ2v) is 10.6. The van der Waals surface area contributed by atoms with E-state index in [9.17, 15) is 0 Å². The van der Waals surface area contributed by atoms with Gasteiger partial charge in [-0.3, -0.25) is 0 Å². The van der Waals surface area contributed by atoms with Crippen LogP contribution in [0.5, 0.6) is 0 Å². The molecule has 98 valence electrons. The van der Waals surface area contributed by atoms with E-state index in [0.29, 0.717) is 0 Å². The van der Waals surface area contributed by atoms with Gasteiger partial charge in [-0.25, -0.2) is 0 Å². The lowest BCUT2D eigenvalue weighted by molar-refractivity contribution is 0.982. The molecular weight excluding hydrogens is 234 g/mol. The number of rotatable bonds is 4. The lowest BCUT2D eigenvalue weighted by Crippen LogP contribution is -2.48. The average molecular weight is 259 g/mol. The third kappa shape index (κ3) is 1.83. The van der Waals surface area contributed by atoms with Crippen LogP contribution in [-0.4, -0.2) is 12.6 Å². The molecule has 0 N–H and O–H groups in total. The monoisotopic (exact) mass is 259 g/mol. The molecule has 0 unspecified atom stereocenters. The van der Waals surface area contributed by atoms with Crippen LogP contribution in [0, 0.1) is 6.92 Å². The van der Waals surface area contributed by atoms with Crippen molar-refractivity contribution in [3.8, 4) is 0 Å². The Morgan fingerprint density at radius 2 is 1.67 bits per heavy atom. The lowest BCUT2D eigenvalue weighted by atomic mass is 10.1. The van der Waals surface area contributed by atoms with Gasteiger partial charge < -0.3 is 4.57 Å². The fourth-order valence-electron chi connectivity index (χ4n) is 3.31. The summed E-state index contributed by atoms with van der Waals surface area (Å²) < 4.78 is 2.46. The highest BCUT2D eigenvalue weighted by Gasteiger charge is 2.32.